The molecule has 0 spiro atoms. The average Bonchev–Trinajstić information content (AvgIpc) is 2.85. The summed E-state index contributed by atoms with van der Waals surface area (Å²) >= 11 is 3.65. The van der Waals surface area contributed by atoms with Gasteiger partial charge in [-0.2, -0.15) is 0 Å². The molecule has 0 amide bonds. The molecule has 1 nitrogen and oxygen atoms in total. The van der Waals surface area contributed by atoms with Crippen LogP contribution in [-0.4, -0.2) is 29.4 Å². The topological polar surface area (TPSA) is 3.24 Å². The first kappa shape index (κ1) is 9.97. The van der Waals surface area contributed by atoms with Crippen molar-refractivity contribution in [2.24, 2.45) is 11.3 Å². The zero-order valence-electron chi connectivity index (χ0n) is 8.72. The molecule has 2 aliphatic rings. The summed E-state index contributed by atoms with van der Waals surface area (Å²) in [6.07, 6.45) is 4.28. The van der Waals surface area contributed by atoms with E-state index in [9.17, 15) is 0 Å². The van der Waals surface area contributed by atoms with Gasteiger partial charge in [-0.1, -0.05) is 22.9 Å². The number of likely N-dealkylation sites (tertiary alicyclic amines) is 1. The van der Waals surface area contributed by atoms with Crippen LogP contribution in [-0.2, 0) is 0 Å². The van der Waals surface area contributed by atoms with Gasteiger partial charge >= 0.3 is 0 Å². The molecule has 1 heterocycles. The number of hydrogen-bond acceptors (Lipinski definition) is 1. The van der Waals surface area contributed by atoms with Crippen molar-refractivity contribution in [2.45, 2.75) is 39.2 Å². The molecule has 1 aliphatic heterocycles. The number of rotatable bonds is 3. The molecule has 2 fully saturated rings. The zero-order chi connectivity index (χ0) is 9.47. The molecule has 0 bridgehead atoms. The molecular weight excluding hydrogens is 226 g/mol. The van der Waals surface area contributed by atoms with E-state index < -0.39 is 0 Å². The second kappa shape index (κ2) is 3.54. The third kappa shape index (κ3) is 1.94. The Morgan fingerprint density at radius 3 is 2.46 bits per heavy atom. The second-order valence-electron chi connectivity index (χ2n) is 5.11. The molecule has 0 N–H and O–H groups in total. The molecule has 0 aromatic carbocycles. The van der Waals surface area contributed by atoms with Crippen LogP contribution in [0.5, 0.6) is 0 Å². The number of nitrogens with zero attached hydrogens (tertiary/aromatic N) is 1. The Bertz CT molecular complexity index is 189. The third-order valence-electron chi connectivity index (χ3n) is 4.05. The van der Waals surface area contributed by atoms with Crippen molar-refractivity contribution >= 4 is 15.9 Å². The first-order valence-electron chi connectivity index (χ1n) is 5.47. The summed E-state index contributed by atoms with van der Waals surface area (Å²) in [6, 6.07) is 0.816. The highest BCUT2D eigenvalue weighted by Crippen LogP contribution is 2.48. The first-order chi connectivity index (χ1) is 6.17. The summed E-state index contributed by atoms with van der Waals surface area (Å²) in [6.45, 7) is 7.45. The Labute approximate surface area is 90.0 Å². The van der Waals surface area contributed by atoms with Crippen molar-refractivity contribution in [1.29, 1.82) is 0 Å². The van der Waals surface area contributed by atoms with Crippen LogP contribution in [0, 0.1) is 11.3 Å². The van der Waals surface area contributed by atoms with Crippen LogP contribution in [0.3, 0.4) is 0 Å². The highest BCUT2D eigenvalue weighted by Gasteiger charge is 2.44. The van der Waals surface area contributed by atoms with Gasteiger partial charge in [0.15, 0.2) is 0 Å². The van der Waals surface area contributed by atoms with Gasteiger partial charge in [0.1, 0.15) is 0 Å². The van der Waals surface area contributed by atoms with Crippen LogP contribution in [0.2, 0.25) is 0 Å². The second-order valence-corrected chi connectivity index (χ2v) is 5.67. The summed E-state index contributed by atoms with van der Waals surface area (Å²) < 4.78 is 0. The molecule has 76 valence electrons. The van der Waals surface area contributed by atoms with Crippen LogP contribution in [0.4, 0.5) is 0 Å². The normalized spacial score (nSPS) is 38.1. The van der Waals surface area contributed by atoms with Gasteiger partial charge in [-0.3, -0.25) is 4.90 Å². The van der Waals surface area contributed by atoms with Gasteiger partial charge < -0.3 is 0 Å². The molecule has 1 saturated heterocycles. The van der Waals surface area contributed by atoms with Crippen molar-refractivity contribution in [3.8, 4) is 0 Å². The highest BCUT2D eigenvalue weighted by atomic mass is 79.9. The predicted octanol–water partition coefficient (Wildman–Crippen LogP) is 2.89. The van der Waals surface area contributed by atoms with Crippen LogP contribution in [0.15, 0.2) is 0 Å². The fourth-order valence-corrected chi connectivity index (χ4v) is 3.08. The number of alkyl halides is 1. The van der Waals surface area contributed by atoms with Gasteiger partial charge in [-0.05, 0) is 44.1 Å². The van der Waals surface area contributed by atoms with Gasteiger partial charge in [-0.25, -0.2) is 0 Å². The average molecular weight is 246 g/mol. The monoisotopic (exact) mass is 245 g/mol. The van der Waals surface area contributed by atoms with Crippen molar-refractivity contribution < 1.29 is 0 Å². The van der Waals surface area contributed by atoms with Crippen LogP contribution < -0.4 is 0 Å². The van der Waals surface area contributed by atoms with Crippen LogP contribution in [0.1, 0.15) is 33.1 Å². The molecule has 2 rings (SSSR count). The Morgan fingerprint density at radius 2 is 2.08 bits per heavy atom. The van der Waals surface area contributed by atoms with Crippen LogP contribution >= 0.6 is 15.9 Å². The fraction of sp³-hybridized carbons (Fsp3) is 1.00. The van der Waals surface area contributed by atoms with Gasteiger partial charge in [0.05, 0.1) is 0 Å². The molecule has 0 aromatic rings. The lowest BCUT2D eigenvalue weighted by atomic mass is 10.0. The molecule has 2 unspecified atom stereocenters. The Morgan fingerprint density at radius 1 is 1.38 bits per heavy atom. The zero-order valence-corrected chi connectivity index (χ0v) is 10.3. The smallest absolute Gasteiger partial charge is 0.0100 e. The van der Waals surface area contributed by atoms with E-state index in [1.165, 1.54) is 37.7 Å². The summed E-state index contributed by atoms with van der Waals surface area (Å²) in [4.78, 5) is 2.69. The molecule has 13 heavy (non-hydrogen) atoms. The highest BCUT2D eigenvalue weighted by molar-refractivity contribution is 9.09. The maximum absolute atomic E-state index is 3.65. The molecule has 2 heteroatoms. The number of hydrogen-bond donors (Lipinski definition) is 0. The largest absolute Gasteiger partial charge is 0.300 e. The summed E-state index contributed by atoms with van der Waals surface area (Å²) in [5.41, 5.74) is 0.665. The minimum Gasteiger partial charge on any atom is -0.300 e. The van der Waals surface area contributed by atoms with Gasteiger partial charge in [0.2, 0.25) is 0 Å². The van der Waals surface area contributed by atoms with Crippen molar-refractivity contribution in [3.63, 3.8) is 0 Å². The van der Waals surface area contributed by atoms with Crippen molar-refractivity contribution in [1.82, 2.24) is 4.90 Å². The van der Waals surface area contributed by atoms with Crippen molar-refractivity contribution in [3.05, 3.63) is 0 Å². The van der Waals surface area contributed by atoms with Crippen LogP contribution in [0.25, 0.3) is 0 Å². The van der Waals surface area contributed by atoms with Gasteiger partial charge in [0.25, 0.3) is 0 Å². The van der Waals surface area contributed by atoms with Crippen molar-refractivity contribution in [2.75, 3.05) is 18.4 Å². The minimum atomic E-state index is 0.665. The maximum atomic E-state index is 3.65. The van der Waals surface area contributed by atoms with E-state index in [1.807, 2.05) is 0 Å². The summed E-state index contributed by atoms with van der Waals surface area (Å²) in [5.74, 6) is 0.908. The molecule has 2 atom stereocenters. The van der Waals surface area contributed by atoms with E-state index in [1.54, 1.807) is 0 Å². The van der Waals surface area contributed by atoms with E-state index in [-0.39, 0.29) is 0 Å². The van der Waals surface area contributed by atoms with Gasteiger partial charge in [-0.15, -0.1) is 0 Å². The SMILES string of the molecule is CC1CCN(CC2(CBr)CC2)C1C. The standard InChI is InChI=1S/C11H20BrN/c1-9-3-6-13(10(9)2)8-11(7-12)4-5-11/h9-10H,3-8H2,1-2H3. The maximum Gasteiger partial charge on any atom is 0.0100 e. The van der Waals surface area contributed by atoms with E-state index in [0.29, 0.717) is 5.41 Å². The Kier molecular flexibility index (Phi) is 2.72. The Hall–Kier alpha value is 0.440. The third-order valence-corrected chi connectivity index (χ3v) is 5.24. The lowest BCUT2D eigenvalue weighted by molar-refractivity contribution is 0.209. The van der Waals surface area contributed by atoms with E-state index in [0.717, 1.165) is 12.0 Å². The minimum absolute atomic E-state index is 0.665. The summed E-state index contributed by atoms with van der Waals surface area (Å²) in [5, 5.41) is 1.21. The van der Waals surface area contributed by atoms with E-state index in [4.69, 9.17) is 0 Å². The predicted molar refractivity (Wildman–Crippen MR) is 60.3 cm³/mol. The molecular formula is C11H20BrN. The summed E-state index contributed by atoms with van der Waals surface area (Å²) in [7, 11) is 0. The fourth-order valence-electron chi connectivity index (χ4n) is 2.34. The first-order valence-corrected chi connectivity index (χ1v) is 6.59. The lowest BCUT2D eigenvalue weighted by Crippen LogP contribution is -2.35. The molecule has 0 radical (unpaired) electrons. The molecule has 0 aromatic heterocycles. The van der Waals surface area contributed by atoms with Gasteiger partial charge in [0, 0.05) is 17.9 Å². The van der Waals surface area contributed by atoms with E-state index in [2.05, 4.69) is 34.7 Å². The molecule has 1 saturated carbocycles. The number of halogens is 1. The lowest BCUT2D eigenvalue weighted by Gasteiger charge is -2.27. The Balaban J connectivity index is 1.88. The molecule has 1 aliphatic carbocycles. The van der Waals surface area contributed by atoms with E-state index >= 15 is 0 Å². The quantitative estimate of drug-likeness (QED) is 0.692.